The molecule has 7 heteroatoms. The maximum Gasteiger partial charge on any atom is 0.349 e. The fourth-order valence-electron chi connectivity index (χ4n) is 0.841. The third kappa shape index (κ3) is 5.29. The van der Waals surface area contributed by atoms with Gasteiger partial charge in [-0.3, -0.25) is 0 Å². The number of carbonyl (C=O) groups excluding carboxylic acids is 1. The van der Waals surface area contributed by atoms with Gasteiger partial charge in [0.2, 0.25) is 0 Å². The number of nitrogens with one attached hydrogen (secondary N) is 1. The van der Waals surface area contributed by atoms with Gasteiger partial charge in [-0.2, -0.15) is 0 Å². The topological polar surface area (TPSA) is 58.5 Å². The van der Waals surface area contributed by atoms with Gasteiger partial charge in [0, 0.05) is 17.4 Å². The Bertz CT molecular complexity index is 467. The van der Waals surface area contributed by atoms with Crippen LogP contribution in [0.15, 0.2) is 20.3 Å². The van der Waals surface area contributed by atoms with Crippen molar-refractivity contribution >= 4 is 43.0 Å². The van der Waals surface area contributed by atoms with Gasteiger partial charge in [0.1, 0.15) is 0 Å². The molecule has 0 saturated heterocycles. The Morgan fingerprint density at radius 2 is 2.27 bits per heavy atom. The van der Waals surface area contributed by atoms with Crippen LogP contribution in [-0.2, 0) is 16.3 Å². The molecule has 0 spiro atoms. The Hall–Kier alpha value is -0.400. The van der Waals surface area contributed by atoms with Gasteiger partial charge in [0.15, 0.2) is 0 Å². The molecule has 0 radical (unpaired) electrons. The Morgan fingerprint density at radius 3 is 2.73 bits per heavy atom. The third-order valence-corrected chi connectivity index (χ3v) is 3.57. The summed E-state index contributed by atoms with van der Waals surface area (Å²) in [5.74, 6) is 0. The maximum atomic E-state index is 11.2. The van der Waals surface area contributed by atoms with Crippen LogP contribution < -0.4 is 5.32 Å². The molecule has 0 saturated carbocycles. The predicted octanol–water partition coefficient (Wildman–Crippen LogP) is 2.45. The SMILES string of the molecule is CS(C)(=O)=NC(=O)NCc1ccc(Br)s1. The number of thiophene rings is 1. The lowest BCUT2D eigenvalue weighted by Crippen LogP contribution is -2.19. The van der Waals surface area contributed by atoms with Gasteiger partial charge < -0.3 is 5.32 Å². The normalized spacial score (nSPS) is 11.1. The van der Waals surface area contributed by atoms with Crippen LogP contribution >= 0.6 is 27.3 Å². The first-order chi connectivity index (χ1) is 6.87. The molecule has 1 aromatic rings. The molecule has 1 N–H and O–H groups in total. The minimum Gasteiger partial charge on any atom is -0.331 e. The number of rotatable bonds is 2. The van der Waals surface area contributed by atoms with Crippen molar-refractivity contribution in [3.05, 3.63) is 20.8 Å². The number of hydrogen-bond acceptors (Lipinski definition) is 3. The molecule has 0 fully saturated rings. The number of halogens is 1. The van der Waals surface area contributed by atoms with Crippen molar-refractivity contribution in [3.63, 3.8) is 0 Å². The van der Waals surface area contributed by atoms with E-state index in [4.69, 9.17) is 0 Å². The molecule has 0 aliphatic rings. The summed E-state index contributed by atoms with van der Waals surface area (Å²) in [5.41, 5.74) is 0. The second-order valence-electron chi connectivity index (χ2n) is 3.14. The highest BCUT2D eigenvalue weighted by Gasteiger charge is 2.02. The molecule has 0 unspecified atom stereocenters. The van der Waals surface area contributed by atoms with Crippen molar-refractivity contribution < 1.29 is 9.00 Å². The predicted molar refractivity (Wildman–Crippen MR) is 66.7 cm³/mol. The molecule has 0 atom stereocenters. The van der Waals surface area contributed by atoms with Gasteiger partial charge in [-0.05, 0) is 28.1 Å². The summed E-state index contributed by atoms with van der Waals surface area (Å²) in [5, 5.41) is 2.57. The minimum absolute atomic E-state index is 0.411. The van der Waals surface area contributed by atoms with Crippen molar-refractivity contribution in [1.29, 1.82) is 0 Å². The second kappa shape index (κ2) is 5.09. The van der Waals surface area contributed by atoms with E-state index in [2.05, 4.69) is 25.6 Å². The standard InChI is InChI=1S/C8H11BrN2O2S2/c1-15(2,13)11-8(12)10-5-6-3-4-7(9)14-6/h3-4H,5H2,1-2H3,(H,10,12). The van der Waals surface area contributed by atoms with Crippen LogP contribution in [0.3, 0.4) is 0 Å². The molecule has 0 aliphatic heterocycles. The first-order valence-corrected chi connectivity index (χ1v) is 8.00. The Labute approximate surface area is 101 Å². The lowest BCUT2D eigenvalue weighted by Gasteiger charge is -1.99. The van der Waals surface area contributed by atoms with Gasteiger partial charge in [0.25, 0.3) is 0 Å². The summed E-state index contributed by atoms with van der Waals surface area (Å²) in [6.45, 7) is 0.411. The molecular formula is C8H11BrN2O2S2. The third-order valence-electron chi connectivity index (χ3n) is 1.35. The van der Waals surface area contributed by atoms with E-state index in [1.165, 1.54) is 23.8 Å². The minimum atomic E-state index is -2.37. The van der Waals surface area contributed by atoms with Crippen molar-refractivity contribution in [2.45, 2.75) is 6.54 Å². The Morgan fingerprint density at radius 1 is 1.60 bits per heavy atom. The van der Waals surface area contributed by atoms with E-state index >= 15 is 0 Å². The van der Waals surface area contributed by atoms with Crippen LogP contribution in [0.2, 0.25) is 0 Å². The number of carbonyl (C=O) groups is 1. The van der Waals surface area contributed by atoms with Crippen molar-refractivity contribution in [2.24, 2.45) is 4.36 Å². The molecule has 1 heterocycles. The highest BCUT2D eigenvalue weighted by molar-refractivity contribution is 9.11. The van der Waals surface area contributed by atoms with Crippen LogP contribution in [0.1, 0.15) is 4.88 Å². The largest absolute Gasteiger partial charge is 0.349 e. The van der Waals surface area contributed by atoms with Crippen molar-refractivity contribution in [1.82, 2.24) is 5.32 Å². The highest BCUT2D eigenvalue weighted by Crippen LogP contribution is 2.21. The van der Waals surface area contributed by atoms with E-state index in [0.717, 1.165) is 8.66 Å². The summed E-state index contributed by atoms with van der Waals surface area (Å²) in [6, 6.07) is 3.28. The Balaban J connectivity index is 2.52. The van der Waals surface area contributed by atoms with E-state index in [-0.39, 0.29) is 0 Å². The molecule has 0 bridgehead atoms. The number of hydrogen-bond donors (Lipinski definition) is 1. The molecule has 2 amide bonds. The molecule has 0 aliphatic carbocycles. The summed E-state index contributed by atoms with van der Waals surface area (Å²) in [4.78, 5) is 12.2. The number of amides is 2. The summed E-state index contributed by atoms with van der Waals surface area (Å²) >= 11 is 4.86. The van der Waals surface area contributed by atoms with Crippen molar-refractivity contribution in [2.75, 3.05) is 12.5 Å². The fraction of sp³-hybridized carbons (Fsp3) is 0.375. The van der Waals surface area contributed by atoms with E-state index in [0.29, 0.717) is 6.54 Å². The molecular weight excluding hydrogens is 300 g/mol. The van der Waals surface area contributed by atoms with Crippen molar-refractivity contribution in [3.8, 4) is 0 Å². The average molecular weight is 311 g/mol. The zero-order chi connectivity index (χ0) is 11.5. The fourth-order valence-corrected chi connectivity index (χ4v) is 2.73. The van der Waals surface area contributed by atoms with Crippen LogP contribution in [0, 0.1) is 0 Å². The van der Waals surface area contributed by atoms with E-state index in [9.17, 15) is 9.00 Å². The second-order valence-corrected chi connectivity index (χ2v) is 8.23. The van der Waals surface area contributed by atoms with Crippen LogP contribution in [0.5, 0.6) is 0 Å². The molecule has 1 aromatic heterocycles. The zero-order valence-corrected chi connectivity index (χ0v) is 11.5. The first-order valence-electron chi connectivity index (χ1n) is 4.06. The van der Waals surface area contributed by atoms with Crippen LogP contribution in [0.25, 0.3) is 0 Å². The van der Waals surface area contributed by atoms with Gasteiger partial charge in [-0.15, -0.1) is 15.7 Å². The van der Waals surface area contributed by atoms with Crippen LogP contribution in [-0.4, -0.2) is 22.8 Å². The summed E-state index contributed by atoms with van der Waals surface area (Å²) in [7, 11) is -2.37. The van der Waals surface area contributed by atoms with Crippen LogP contribution in [0.4, 0.5) is 4.79 Å². The highest BCUT2D eigenvalue weighted by atomic mass is 79.9. The summed E-state index contributed by atoms with van der Waals surface area (Å²) < 4.78 is 15.7. The Kier molecular flexibility index (Phi) is 4.30. The van der Waals surface area contributed by atoms with Gasteiger partial charge >= 0.3 is 6.03 Å². The smallest absolute Gasteiger partial charge is 0.331 e. The molecule has 15 heavy (non-hydrogen) atoms. The molecule has 84 valence electrons. The van der Waals surface area contributed by atoms with E-state index in [1.807, 2.05) is 12.1 Å². The molecule has 0 aromatic carbocycles. The molecule has 1 rings (SSSR count). The molecule has 4 nitrogen and oxygen atoms in total. The average Bonchev–Trinajstić information content (AvgIpc) is 2.45. The monoisotopic (exact) mass is 310 g/mol. The lowest BCUT2D eigenvalue weighted by atomic mass is 10.5. The van der Waals surface area contributed by atoms with Gasteiger partial charge in [-0.25, -0.2) is 9.00 Å². The summed E-state index contributed by atoms with van der Waals surface area (Å²) in [6.07, 6.45) is 2.85. The lowest BCUT2D eigenvalue weighted by molar-refractivity contribution is 0.249. The maximum absolute atomic E-state index is 11.2. The first kappa shape index (κ1) is 12.7. The van der Waals surface area contributed by atoms with E-state index in [1.54, 1.807) is 0 Å². The zero-order valence-electron chi connectivity index (χ0n) is 8.32. The number of urea groups is 1. The number of nitrogens with zero attached hydrogens (tertiary/aromatic N) is 1. The van der Waals surface area contributed by atoms with Gasteiger partial charge in [-0.1, -0.05) is 0 Å². The van der Waals surface area contributed by atoms with Gasteiger partial charge in [0.05, 0.1) is 20.1 Å². The van der Waals surface area contributed by atoms with E-state index < -0.39 is 15.8 Å². The quantitative estimate of drug-likeness (QED) is 0.912.